The van der Waals surface area contributed by atoms with Gasteiger partial charge in [-0.25, -0.2) is 0 Å². The molecule has 1 aromatic carbocycles. The van der Waals surface area contributed by atoms with Crippen LogP contribution in [0.2, 0.25) is 0 Å². The summed E-state index contributed by atoms with van der Waals surface area (Å²) in [6.45, 7) is 2.13. The third kappa shape index (κ3) is 4.70. The molecule has 8 nitrogen and oxygen atoms in total. The molecule has 1 fully saturated rings. The number of benzene rings is 1. The maximum Gasteiger partial charge on any atom is 0.286 e. The molecular weight excluding hydrogens is 362 g/mol. The van der Waals surface area contributed by atoms with Crippen LogP contribution in [-0.2, 0) is 4.79 Å². The highest BCUT2D eigenvalue weighted by Gasteiger charge is 2.25. The molecule has 3 amide bonds. The number of hydrogen-bond acceptors (Lipinski definition) is 5. The van der Waals surface area contributed by atoms with E-state index in [1.54, 1.807) is 53.3 Å². The van der Waals surface area contributed by atoms with E-state index in [0.29, 0.717) is 37.5 Å². The van der Waals surface area contributed by atoms with Crippen LogP contribution in [0.1, 0.15) is 27.3 Å². The van der Waals surface area contributed by atoms with Crippen LogP contribution >= 0.6 is 0 Å². The first-order chi connectivity index (χ1) is 13.6. The number of ether oxygens (including phenoxy) is 1. The minimum Gasteiger partial charge on any atom is -0.497 e. The number of methoxy groups -OCH3 is 1. The zero-order chi connectivity index (χ0) is 19.9. The van der Waals surface area contributed by atoms with Crippen molar-refractivity contribution < 1.29 is 23.5 Å². The smallest absolute Gasteiger partial charge is 0.286 e. The molecule has 3 rings (SSSR count). The van der Waals surface area contributed by atoms with Gasteiger partial charge >= 0.3 is 0 Å². The predicted octanol–water partition coefficient (Wildman–Crippen LogP) is 1.39. The van der Waals surface area contributed by atoms with Crippen LogP contribution in [0.3, 0.4) is 0 Å². The van der Waals surface area contributed by atoms with Crippen LogP contribution in [-0.4, -0.2) is 67.4 Å². The van der Waals surface area contributed by atoms with E-state index in [1.807, 2.05) is 0 Å². The molecule has 0 bridgehead atoms. The summed E-state index contributed by atoms with van der Waals surface area (Å²) in [5.41, 5.74) is 0.569. The maximum absolute atomic E-state index is 12.6. The quantitative estimate of drug-likeness (QED) is 0.811. The predicted molar refractivity (Wildman–Crippen MR) is 101 cm³/mol. The van der Waals surface area contributed by atoms with E-state index in [2.05, 4.69) is 5.32 Å². The van der Waals surface area contributed by atoms with E-state index in [-0.39, 0.29) is 36.4 Å². The lowest BCUT2D eigenvalue weighted by Gasteiger charge is -2.35. The second kappa shape index (κ2) is 9.07. The first-order valence-corrected chi connectivity index (χ1v) is 9.11. The molecule has 1 aromatic heterocycles. The number of piperazine rings is 1. The maximum atomic E-state index is 12.6. The molecule has 0 radical (unpaired) electrons. The first kappa shape index (κ1) is 19.5. The van der Waals surface area contributed by atoms with Crippen LogP contribution < -0.4 is 10.1 Å². The lowest BCUT2D eigenvalue weighted by molar-refractivity contribution is -0.132. The summed E-state index contributed by atoms with van der Waals surface area (Å²) >= 11 is 0. The summed E-state index contributed by atoms with van der Waals surface area (Å²) in [6, 6.07) is 10.2. The van der Waals surface area contributed by atoms with E-state index >= 15 is 0 Å². The van der Waals surface area contributed by atoms with Crippen molar-refractivity contribution in [1.82, 2.24) is 15.1 Å². The Morgan fingerprint density at radius 2 is 1.82 bits per heavy atom. The number of furan rings is 1. The molecule has 148 valence electrons. The molecular formula is C20H23N3O5. The Morgan fingerprint density at radius 3 is 2.50 bits per heavy atom. The Hall–Kier alpha value is -3.29. The molecule has 1 saturated heterocycles. The third-order valence-corrected chi connectivity index (χ3v) is 4.61. The van der Waals surface area contributed by atoms with Gasteiger partial charge in [-0.2, -0.15) is 0 Å². The Bertz CT molecular complexity index is 826. The van der Waals surface area contributed by atoms with Gasteiger partial charge in [0.05, 0.1) is 13.4 Å². The fourth-order valence-corrected chi connectivity index (χ4v) is 3.03. The largest absolute Gasteiger partial charge is 0.497 e. The van der Waals surface area contributed by atoms with Gasteiger partial charge in [-0.3, -0.25) is 14.4 Å². The summed E-state index contributed by atoms with van der Waals surface area (Å²) in [7, 11) is 1.56. The van der Waals surface area contributed by atoms with Crippen LogP contribution in [0.25, 0.3) is 0 Å². The van der Waals surface area contributed by atoms with Crippen molar-refractivity contribution in [1.29, 1.82) is 0 Å². The van der Waals surface area contributed by atoms with Crippen LogP contribution in [0, 0.1) is 0 Å². The molecule has 1 N–H and O–H groups in total. The van der Waals surface area contributed by atoms with Crippen molar-refractivity contribution in [2.75, 3.05) is 39.8 Å². The van der Waals surface area contributed by atoms with Crippen molar-refractivity contribution in [2.45, 2.75) is 6.42 Å². The molecule has 1 aliphatic rings. The molecule has 1 aliphatic heterocycles. The normalized spacial score (nSPS) is 13.9. The number of nitrogens with one attached hydrogen (secondary N) is 1. The molecule has 8 heteroatoms. The summed E-state index contributed by atoms with van der Waals surface area (Å²) in [5.74, 6) is 0.393. The van der Waals surface area contributed by atoms with Crippen molar-refractivity contribution in [3.8, 4) is 5.75 Å². The van der Waals surface area contributed by atoms with E-state index in [1.165, 1.54) is 6.26 Å². The second-order valence-electron chi connectivity index (χ2n) is 6.39. The van der Waals surface area contributed by atoms with Crippen molar-refractivity contribution in [3.63, 3.8) is 0 Å². The molecule has 0 saturated carbocycles. The number of carbonyl (C=O) groups excluding carboxylic acids is 3. The minimum absolute atomic E-state index is 0.0479. The number of nitrogens with zero attached hydrogens (tertiary/aromatic N) is 2. The molecule has 2 aromatic rings. The van der Waals surface area contributed by atoms with Crippen molar-refractivity contribution in [3.05, 3.63) is 54.0 Å². The first-order valence-electron chi connectivity index (χ1n) is 9.11. The SMILES string of the molecule is COc1cccc(C(=O)N2CCN(C(=O)CCNC(=O)c3ccco3)CC2)c1. The molecule has 28 heavy (non-hydrogen) atoms. The number of hydrogen-bond donors (Lipinski definition) is 1. The fourth-order valence-electron chi connectivity index (χ4n) is 3.03. The minimum atomic E-state index is -0.341. The van der Waals surface area contributed by atoms with Crippen molar-refractivity contribution >= 4 is 17.7 Å². The zero-order valence-corrected chi connectivity index (χ0v) is 15.7. The fraction of sp³-hybridized carbons (Fsp3) is 0.350. The summed E-state index contributed by atoms with van der Waals surface area (Å²) in [5, 5.41) is 2.66. The van der Waals surface area contributed by atoms with E-state index < -0.39 is 0 Å². The average molecular weight is 385 g/mol. The van der Waals surface area contributed by atoms with Gasteiger partial charge in [-0.05, 0) is 30.3 Å². The van der Waals surface area contributed by atoms with E-state index in [9.17, 15) is 14.4 Å². The van der Waals surface area contributed by atoms with Gasteiger partial charge < -0.3 is 24.3 Å². The molecule has 0 atom stereocenters. The van der Waals surface area contributed by atoms with Crippen LogP contribution in [0.4, 0.5) is 0 Å². The van der Waals surface area contributed by atoms with Gasteiger partial charge in [0.15, 0.2) is 5.76 Å². The highest BCUT2D eigenvalue weighted by Crippen LogP contribution is 2.15. The lowest BCUT2D eigenvalue weighted by Crippen LogP contribution is -2.51. The Kier molecular flexibility index (Phi) is 6.31. The standard InChI is InChI=1S/C20H23N3O5/c1-27-16-5-2-4-15(14-16)20(26)23-11-9-22(10-12-23)18(24)7-8-21-19(25)17-6-3-13-28-17/h2-6,13-14H,7-12H2,1H3,(H,21,25). The number of amides is 3. The van der Waals surface area contributed by atoms with Gasteiger partial charge in [0, 0.05) is 44.7 Å². The van der Waals surface area contributed by atoms with Gasteiger partial charge in [0.25, 0.3) is 11.8 Å². The Morgan fingerprint density at radius 1 is 1.07 bits per heavy atom. The highest BCUT2D eigenvalue weighted by atomic mass is 16.5. The Labute approximate surface area is 163 Å². The second-order valence-corrected chi connectivity index (χ2v) is 6.39. The van der Waals surface area contributed by atoms with E-state index in [0.717, 1.165) is 0 Å². The summed E-state index contributed by atoms with van der Waals surface area (Å²) in [4.78, 5) is 40.2. The number of carbonyl (C=O) groups is 3. The van der Waals surface area contributed by atoms with Gasteiger partial charge in [-0.1, -0.05) is 6.07 Å². The van der Waals surface area contributed by atoms with Gasteiger partial charge in [0.1, 0.15) is 5.75 Å². The highest BCUT2D eigenvalue weighted by molar-refractivity contribution is 5.95. The molecule has 0 unspecified atom stereocenters. The lowest BCUT2D eigenvalue weighted by atomic mass is 10.1. The number of rotatable bonds is 6. The van der Waals surface area contributed by atoms with Gasteiger partial charge in [-0.15, -0.1) is 0 Å². The summed E-state index contributed by atoms with van der Waals surface area (Å²) < 4.78 is 10.2. The Balaban J connectivity index is 1.43. The molecule has 0 spiro atoms. The van der Waals surface area contributed by atoms with Crippen LogP contribution in [0.5, 0.6) is 5.75 Å². The average Bonchev–Trinajstić information content (AvgIpc) is 3.28. The van der Waals surface area contributed by atoms with Crippen molar-refractivity contribution in [2.24, 2.45) is 0 Å². The monoisotopic (exact) mass is 385 g/mol. The van der Waals surface area contributed by atoms with Gasteiger partial charge in [0.2, 0.25) is 5.91 Å². The molecule has 2 heterocycles. The summed E-state index contributed by atoms with van der Waals surface area (Å²) in [6.07, 6.45) is 1.63. The zero-order valence-electron chi connectivity index (χ0n) is 15.7. The third-order valence-electron chi connectivity index (χ3n) is 4.61. The van der Waals surface area contributed by atoms with Crippen LogP contribution in [0.15, 0.2) is 47.1 Å². The van der Waals surface area contributed by atoms with E-state index in [4.69, 9.17) is 9.15 Å². The molecule has 0 aliphatic carbocycles. The topological polar surface area (TPSA) is 92.1 Å².